The third-order valence-electron chi connectivity index (χ3n) is 4.93. The number of hydrogen-bond acceptors (Lipinski definition) is 3. The van der Waals surface area contributed by atoms with Crippen LogP contribution in [0, 0.1) is 6.92 Å². The minimum absolute atomic E-state index is 0.871. The standard InChI is InChI=1S/C20H29N3O/c1-18-6-3-4-7-19(18)16-23(17-20-8-5-9-21(20)2)11-10-22-12-14-24-15-13-22/h3-9H,10-17H2,1-2H3. The summed E-state index contributed by atoms with van der Waals surface area (Å²) in [5.74, 6) is 0. The van der Waals surface area contributed by atoms with Gasteiger partial charge in [0.05, 0.1) is 13.2 Å². The number of ether oxygens (including phenoxy) is 1. The van der Waals surface area contributed by atoms with E-state index in [4.69, 9.17) is 4.74 Å². The molecule has 0 bridgehead atoms. The molecule has 1 aliphatic heterocycles. The Morgan fingerprint density at radius 3 is 2.54 bits per heavy atom. The number of aryl methyl sites for hydroxylation is 2. The van der Waals surface area contributed by atoms with Crippen molar-refractivity contribution in [1.29, 1.82) is 0 Å². The van der Waals surface area contributed by atoms with Gasteiger partial charge in [-0.25, -0.2) is 0 Å². The summed E-state index contributed by atoms with van der Waals surface area (Å²) in [6, 6.07) is 13.1. The molecule has 0 radical (unpaired) electrons. The predicted octanol–water partition coefficient (Wildman–Crippen LogP) is 2.67. The second-order valence-electron chi connectivity index (χ2n) is 6.70. The lowest BCUT2D eigenvalue weighted by Crippen LogP contribution is -2.41. The lowest BCUT2D eigenvalue weighted by Gasteiger charge is -2.30. The second kappa shape index (κ2) is 8.47. The van der Waals surface area contributed by atoms with E-state index < -0.39 is 0 Å². The Morgan fingerprint density at radius 1 is 1.04 bits per heavy atom. The maximum atomic E-state index is 5.46. The third-order valence-corrected chi connectivity index (χ3v) is 4.93. The fourth-order valence-corrected chi connectivity index (χ4v) is 3.24. The Morgan fingerprint density at radius 2 is 1.83 bits per heavy atom. The molecule has 0 aliphatic carbocycles. The van der Waals surface area contributed by atoms with E-state index in [2.05, 4.69) is 70.9 Å². The summed E-state index contributed by atoms with van der Waals surface area (Å²) in [7, 11) is 2.13. The number of aromatic nitrogens is 1. The molecule has 3 rings (SSSR count). The molecule has 0 spiro atoms. The van der Waals surface area contributed by atoms with Crippen LogP contribution in [0.4, 0.5) is 0 Å². The highest BCUT2D eigenvalue weighted by molar-refractivity contribution is 5.25. The van der Waals surface area contributed by atoms with Gasteiger partial charge in [-0.3, -0.25) is 9.80 Å². The van der Waals surface area contributed by atoms with Gasteiger partial charge in [0.25, 0.3) is 0 Å². The van der Waals surface area contributed by atoms with Crippen molar-refractivity contribution in [3.63, 3.8) is 0 Å². The van der Waals surface area contributed by atoms with Gasteiger partial charge in [-0.2, -0.15) is 0 Å². The van der Waals surface area contributed by atoms with E-state index in [1.54, 1.807) is 0 Å². The molecule has 130 valence electrons. The third kappa shape index (κ3) is 4.69. The van der Waals surface area contributed by atoms with Crippen LogP contribution in [0.2, 0.25) is 0 Å². The molecular weight excluding hydrogens is 298 g/mol. The molecule has 2 aromatic rings. The number of rotatable bonds is 7. The van der Waals surface area contributed by atoms with Crippen molar-refractivity contribution in [3.05, 3.63) is 59.4 Å². The Kier molecular flexibility index (Phi) is 6.07. The van der Waals surface area contributed by atoms with E-state index in [1.807, 2.05) is 0 Å². The molecule has 2 heterocycles. The first-order chi connectivity index (χ1) is 11.7. The first-order valence-corrected chi connectivity index (χ1v) is 8.89. The quantitative estimate of drug-likeness (QED) is 0.780. The normalized spacial score (nSPS) is 16.0. The zero-order chi connectivity index (χ0) is 16.8. The molecule has 24 heavy (non-hydrogen) atoms. The van der Waals surface area contributed by atoms with Crippen molar-refractivity contribution >= 4 is 0 Å². The maximum Gasteiger partial charge on any atom is 0.0594 e. The molecule has 1 saturated heterocycles. The van der Waals surface area contributed by atoms with Gasteiger partial charge in [0.1, 0.15) is 0 Å². The molecule has 0 amide bonds. The smallest absolute Gasteiger partial charge is 0.0594 e. The molecule has 0 saturated carbocycles. The summed E-state index contributed by atoms with van der Waals surface area (Å²) in [5, 5.41) is 0. The van der Waals surface area contributed by atoms with Crippen molar-refractivity contribution in [1.82, 2.24) is 14.4 Å². The van der Waals surface area contributed by atoms with Crippen molar-refractivity contribution in [2.45, 2.75) is 20.0 Å². The summed E-state index contributed by atoms with van der Waals surface area (Å²) >= 11 is 0. The van der Waals surface area contributed by atoms with Crippen LogP contribution in [0.3, 0.4) is 0 Å². The van der Waals surface area contributed by atoms with Crippen LogP contribution >= 0.6 is 0 Å². The topological polar surface area (TPSA) is 20.6 Å². The minimum atomic E-state index is 0.871. The van der Waals surface area contributed by atoms with Gasteiger partial charge in [-0.15, -0.1) is 0 Å². The molecular formula is C20H29N3O. The van der Waals surface area contributed by atoms with Crippen molar-refractivity contribution in [2.24, 2.45) is 7.05 Å². The Labute approximate surface area is 145 Å². The van der Waals surface area contributed by atoms with E-state index in [0.29, 0.717) is 0 Å². The van der Waals surface area contributed by atoms with Crippen LogP contribution in [0.15, 0.2) is 42.6 Å². The average molecular weight is 327 g/mol. The van der Waals surface area contributed by atoms with Gasteiger partial charge in [-0.05, 0) is 30.2 Å². The monoisotopic (exact) mass is 327 g/mol. The van der Waals surface area contributed by atoms with Crippen LogP contribution in [-0.2, 0) is 24.9 Å². The lowest BCUT2D eigenvalue weighted by molar-refractivity contribution is 0.0324. The maximum absolute atomic E-state index is 5.46. The summed E-state index contributed by atoms with van der Waals surface area (Å²) in [6.45, 7) is 10.2. The summed E-state index contributed by atoms with van der Waals surface area (Å²) < 4.78 is 7.68. The fraction of sp³-hybridized carbons (Fsp3) is 0.500. The number of benzene rings is 1. The van der Waals surface area contributed by atoms with Crippen molar-refractivity contribution < 1.29 is 4.74 Å². The largest absolute Gasteiger partial charge is 0.379 e. The van der Waals surface area contributed by atoms with E-state index in [1.165, 1.54) is 16.8 Å². The molecule has 1 aromatic heterocycles. The predicted molar refractivity (Wildman–Crippen MR) is 98.0 cm³/mol. The Bertz CT molecular complexity index is 631. The highest BCUT2D eigenvalue weighted by atomic mass is 16.5. The van der Waals surface area contributed by atoms with E-state index >= 15 is 0 Å². The molecule has 4 heteroatoms. The van der Waals surface area contributed by atoms with Gasteiger partial charge in [0.15, 0.2) is 0 Å². The van der Waals surface area contributed by atoms with Crippen LogP contribution in [0.25, 0.3) is 0 Å². The van der Waals surface area contributed by atoms with Gasteiger partial charge in [0.2, 0.25) is 0 Å². The first kappa shape index (κ1) is 17.2. The van der Waals surface area contributed by atoms with Crippen LogP contribution in [-0.4, -0.2) is 53.8 Å². The van der Waals surface area contributed by atoms with E-state index in [9.17, 15) is 0 Å². The van der Waals surface area contributed by atoms with E-state index in [-0.39, 0.29) is 0 Å². The summed E-state index contributed by atoms with van der Waals surface area (Å²) in [5.41, 5.74) is 4.17. The minimum Gasteiger partial charge on any atom is -0.379 e. The molecule has 1 fully saturated rings. The summed E-state index contributed by atoms with van der Waals surface area (Å²) in [4.78, 5) is 5.08. The number of morpholine rings is 1. The zero-order valence-electron chi connectivity index (χ0n) is 14.9. The molecule has 0 N–H and O–H groups in total. The first-order valence-electron chi connectivity index (χ1n) is 8.89. The van der Waals surface area contributed by atoms with Crippen molar-refractivity contribution in [3.8, 4) is 0 Å². The van der Waals surface area contributed by atoms with Gasteiger partial charge >= 0.3 is 0 Å². The fourth-order valence-electron chi connectivity index (χ4n) is 3.24. The van der Waals surface area contributed by atoms with Crippen LogP contribution in [0.5, 0.6) is 0 Å². The summed E-state index contributed by atoms with van der Waals surface area (Å²) in [6.07, 6.45) is 2.13. The van der Waals surface area contributed by atoms with Crippen LogP contribution in [0.1, 0.15) is 16.8 Å². The molecule has 0 atom stereocenters. The highest BCUT2D eigenvalue weighted by Gasteiger charge is 2.14. The van der Waals surface area contributed by atoms with Gasteiger partial charge in [-0.1, -0.05) is 24.3 Å². The average Bonchev–Trinajstić information content (AvgIpc) is 3.00. The Hall–Kier alpha value is -1.62. The Balaban J connectivity index is 1.65. The van der Waals surface area contributed by atoms with Crippen molar-refractivity contribution in [2.75, 3.05) is 39.4 Å². The van der Waals surface area contributed by atoms with Crippen LogP contribution < -0.4 is 0 Å². The molecule has 4 nitrogen and oxygen atoms in total. The van der Waals surface area contributed by atoms with Gasteiger partial charge in [0, 0.05) is 58.2 Å². The van der Waals surface area contributed by atoms with Gasteiger partial charge < -0.3 is 9.30 Å². The lowest BCUT2D eigenvalue weighted by atomic mass is 10.1. The number of nitrogens with zero attached hydrogens (tertiary/aromatic N) is 3. The van der Waals surface area contributed by atoms with E-state index in [0.717, 1.165) is 52.5 Å². The molecule has 1 aliphatic rings. The molecule has 1 aromatic carbocycles. The number of hydrogen-bond donors (Lipinski definition) is 0. The second-order valence-corrected chi connectivity index (χ2v) is 6.70. The highest BCUT2D eigenvalue weighted by Crippen LogP contribution is 2.14. The molecule has 0 unspecified atom stereocenters. The zero-order valence-corrected chi connectivity index (χ0v) is 14.9. The SMILES string of the molecule is Cc1ccccc1CN(CCN1CCOCC1)Cc1cccn1C.